The van der Waals surface area contributed by atoms with E-state index in [9.17, 15) is 0 Å². The fraction of sp³-hybridized carbons (Fsp3) is 0.818. The van der Waals surface area contributed by atoms with Gasteiger partial charge in [-0.1, -0.05) is 11.5 Å². The first-order chi connectivity index (χ1) is 8.29. The van der Waals surface area contributed by atoms with E-state index in [2.05, 4.69) is 20.8 Å². The summed E-state index contributed by atoms with van der Waals surface area (Å²) < 4.78 is 5.52. The van der Waals surface area contributed by atoms with Crippen LogP contribution in [0, 0.1) is 0 Å². The number of aromatic nitrogens is 2. The summed E-state index contributed by atoms with van der Waals surface area (Å²) >= 11 is 2.04. The number of nitrogens with one attached hydrogen (secondary N) is 2. The largest absolute Gasteiger partial charge is 0.406 e. The van der Waals surface area contributed by atoms with Gasteiger partial charge in [-0.3, -0.25) is 0 Å². The summed E-state index contributed by atoms with van der Waals surface area (Å²) in [6.07, 6.45) is 3.97. The van der Waals surface area contributed by atoms with Crippen LogP contribution >= 0.6 is 11.8 Å². The monoisotopic (exact) mass is 256 g/mol. The molecule has 1 aliphatic heterocycles. The van der Waals surface area contributed by atoms with Crippen LogP contribution in [-0.4, -0.2) is 34.8 Å². The van der Waals surface area contributed by atoms with Gasteiger partial charge in [-0.05, 0) is 32.6 Å². The fourth-order valence-corrected chi connectivity index (χ4v) is 3.01. The lowest BCUT2D eigenvalue weighted by molar-refractivity contribution is 0.441. The third kappa shape index (κ3) is 3.61. The average Bonchev–Trinajstić information content (AvgIpc) is 2.85. The molecule has 17 heavy (non-hydrogen) atoms. The lowest BCUT2D eigenvalue weighted by Gasteiger charge is -2.20. The molecule has 96 valence electrons. The summed E-state index contributed by atoms with van der Waals surface area (Å²) in [5.74, 6) is 1.91. The van der Waals surface area contributed by atoms with Crippen molar-refractivity contribution >= 4 is 17.8 Å². The number of hydrogen-bond acceptors (Lipinski definition) is 6. The SMILES string of the molecule is CNC(C)c1nnc(NCC2CCCCS2)o1. The van der Waals surface area contributed by atoms with E-state index in [0.717, 1.165) is 6.54 Å². The van der Waals surface area contributed by atoms with E-state index >= 15 is 0 Å². The van der Waals surface area contributed by atoms with Crippen molar-refractivity contribution in [3.8, 4) is 0 Å². The van der Waals surface area contributed by atoms with Crippen molar-refractivity contribution in [2.75, 3.05) is 24.7 Å². The highest BCUT2D eigenvalue weighted by Gasteiger charge is 2.16. The summed E-state index contributed by atoms with van der Waals surface area (Å²) in [5.41, 5.74) is 0. The summed E-state index contributed by atoms with van der Waals surface area (Å²) in [7, 11) is 1.88. The van der Waals surface area contributed by atoms with Gasteiger partial charge in [0, 0.05) is 11.8 Å². The number of hydrogen-bond donors (Lipinski definition) is 2. The average molecular weight is 256 g/mol. The van der Waals surface area contributed by atoms with E-state index in [1.54, 1.807) is 0 Å². The molecule has 2 heterocycles. The molecule has 2 atom stereocenters. The maximum atomic E-state index is 5.52. The molecule has 2 N–H and O–H groups in total. The van der Waals surface area contributed by atoms with E-state index in [1.165, 1.54) is 25.0 Å². The van der Waals surface area contributed by atoms with Crippen molar-refractivity contribution in [1.29, 1.82) is 0 Å². The second kappa shape index (κ2) is 6.26. The topological polar surface area (TPSA) is 63.0 Å². The molecule has 2 unspecified atom stereocenters. The number of thioether (sulfide) groups is 1. The van der Waals surface area contributed by atoms with Gasteiger partial charge < -0.3 is 15.1 Å². The molecule has 0 spiro atoms. The molecule has 0 aromatic carbocycles. The Morgan fingerprint density at radius 3 is 3.06 bits per heavy atom. The molecular weight excluding hydrogens is 236 g/mol. The van der Waals surface area contributed by atoms with Crippen LogP contribution in [-0.2, 0) is 0 Å². The van der Waals surface area contributed by atoms with Gasteiger partial charge >= 0.3 is 6.01 Å². The molecule has 1 saturated heterocycles. The van der Waals surface area contributed by atoms with Crippen molar-refractivity contribution in [3.63, 3.8) is 0 Å². The van der Waals surface area contributed by atoms with Crippen molar-refractivity contribution in [2.24, 2.45) is 0 Å². The molecule has 1 aromatic rings. The second-order valence-corrected chi connectivity index (χ2v) is 5.73. The van der Waals surface area contributed by atoms with Gasteiger partial charge in [-0.25, -0.2) is 0 Å². The minimum absolute atomic E-state index is 0.0992. The summed E-state index contributed by atoms with van der Waals surface area (Å²) in [5, 5.41) is 15.0. The van der Waals surface area contributed by atoms with Crippen LogP contribution in [0.1, 0.15) is 38.1 Å². The normalized spacial score (nSPS) is 22.4. The van der Waals surface area contributed by atoms with Crippen molar-refractivity contribution in [1.82, 2.24) is 15.5 Å². The zero-order chi connectivity index (χ0) is 12.1. The lowest BCUT2D eigenvalue weighted by atomic mass is 10.2. The van der Waals surface area contributed by atoms with Crippen LogP contribution in [0.4, 0.5) is 6.01 Å². The van der Waals surface area contributed by atoms with E-state index in [4.69, 9.17) is 4.42 Å². The van der Waals surface area contributed by atoms with Crippen molar-refractivity contribution in [3.05, 3.63) is 5.89 Å². The maximum Gasteiger partial charge on any atom is 0.315 e. The Morgan fingerprint density at radius 2 is 2.35 bits per heavy atom. The second-order valence-electron chi connectivity index (χ2n) is 4.33. The number of nitrogens with zero attached hydrogens (tertiary/aromatic N) is 2. The van der Waals surface area contributed by atoms with Gasteiger partial charge in [0.1, 0.15) is 0 Å². The zero-order valence-electron chi connectivity index (χ0n) is 10.4. The molecule has 1 fully saturated rings. The first-order valence-electron chi connectivity index (χ1n) is 6.15. The Labute approximate surface area is 106 Å². The standard InChI is InChI=1S/C11H20N4OS/c1-8(12-2)10-14-15-11(16-10)13-7-9-5-3-4-6-17-9/h8-9,12H,3-7H2,1-2H3,(H,13,15). The minimum atomic E-state index is 0.0992. The molecule has 0 radical (unpaired) electrons. The smallest absolute Gasteiger partial charge is 0.315 e. The molecule has 1 aromatic heterocycles. The molecule has 6 heteroatoms. The predicted octanol–water partition coefficient (Wildman–Crippen LogP) is 2.05. The Morgan fingerprint density at radius 1 is 1.47 bits per heavy atom. The van der Waals surface area contributed by atoms with E-state index in [1.807, 2.05) is 25.7 Å². The van der Waals surface area contributed by atoms with E-state index in [-0.39, 0.29) is 6.04 Å². The van der Waals surface area contributed by atoms with E-state index in [0.29, 0.717) is 17.2 Å². The third-order valence-electron chi connectivity index (χ3n) is 3.00. The molecule has 0 amide bonds. The Kier molecular flexibility index (Phi) is 4.67. The number of anilines is 1. The zero-order valence-corrected chi connectivity index (χ0v) is 11.2. The molecular formula is C11H20N4OS. The van der Waals surface area contributed by atoms with Gasteiger partial charge in [0.25, 0.3) is 0 Å². The molecule has 0 saturated carbocycles. The molecule has 0 aliphatic carbocycles. The van der Waals surface area contributed by atoms with Crippen LogP contribution in [0.5, 0.6) is 0 Å². The van der Waals surface area contributed by atoms with Crippen LogP contribution in [0.3, 0.4) is 0 Å². The van der Waals surface area contributed by atoms with Gasteiger partial charge in [-0.15, -0.1) is 5.10 Å². The van der Waals surface area contributed by atoms with Gasteiger partial charge in [-0.2, -0.15) is 11.8 Å². The molecule has 1 aliphatic rings. The Balaban J connectivity index is 1.80. The highest BCUT2D eigenvalue weighted by molar-refractivity contribution is 7.99. The fourth-order valence-electron chi connectivity index (χ4n) is 1.77. The summed E-state index contributed by atoms with van der Waals surface area (Å²) in [4.78, 5) is 0. The highest BCUT2D eigenvalue weighted by Crippen LogP contribution is 2.25. The van der Waals surface area contributed by atoms with Crippen molar-refractivity contribution < 1.29 is 4.42 Å². The summed E-state index contributed by atoms with van der Waals surface area (Å²) in [6.45, 7) is 2.91. The quantitative estimate of drug-likeness (QED) is 0.840. The van der Waals surface area contributed by atoms with Crippen LogP contribution in [0.15, 0.2) is 4.42 Å². The van der Waals surface area contributed by atoms with Crippen LogP contribution < -0.4 is 10.6 Å². The number of rotatable bonds is 5. The first-order valence-corrected chi connectivity index (χ1v) is 7.20. The predicted molar refractivity (Wildman–Crippen MR) is 70.4 cm³/mol. The molecule has 0 bridgehead atoms. The van der Waals surface area contributed by atoms with Gasteiger partial charge in [0.05, 0.1) is 6.04 Å². The highest BCUT2D eigenvalue weighted by atomic mass is 32.2. The molecule has 2 rings (SSSR count). The first kappa shape index (κ1) is 12.7. The third-order valence-corrected chi connectivity index (χ3v) is 4.40. The van der Waals surface area contributed by atoms with Crippen molar-refractivity contribution in [2.45, 2.75) is 37.5 Å². The summed E-state index contributed by atoms with van der Waals surface area (Å²) in [6, 6.07) is 0.635. The van der Waals surface area contributed by atoms with Crippen LogP contribution in [0.2, 0.25) is 0 Å². The lowest BCUT2D eigenvalue weighted by Crippen LogP contribution is -2.20. The maximum absolute atomic E-state index is 5.52. The Hall–Kier alpha value is -0.750. The van der Waals surface area contributed by atoms with E-state index < -0.39 is 0 Å². The molecule has 5 nitrogen and oxygen atoms in total. The van der Waals surface area contributed by atoms with Gasteiger partial charge in [0.15, 0.2) is 0 Å². The van der Waals surface area contributed by atoms with Gasteiger partial charge in [0.2, 0.25) is 5.89 Å². The minimum Gasteiger partial charge on any atom is -0.406 e. The van der Waals surface area contributed by atoms with Crippen LogP contribution in [0.25, 0.3) is 0 Å². The Bertz CT molecular complexity index is 338.